The van der Waals surface area contributed by atoms with Gasteiger partial charge >= 0.3 is 0 Å². The summed E-state index contributed by atoms with van der Waals surface area (Å²) in [6.07, 6.45) is 0.860. The van der Waals surface area contributed by atoms with Crippen LogP contribution in [0, 0.1) is 0 Å². The Balaban J connectivity index is 1.75. The maximum atomic E-state index is 12.9. The summed E-state index contributed by atoms with van der Waals surface area (Å²) >= 11 is 0. The Kier molecular flexibility index (Phi) is 5.96. The number of nitrogens with zero attached hydrogens (tertiary/aromatic N) is 2. The van der Waals surface area contributed by atoms with Crippen molar-refractivity contribution in [3.05, 3.63) is 54.1 Å². The summed E-state index contributed by atoms with van der Waals surface area (Å²) in [5, 5.41) is 0. The van der Waals surface area contributed by atoms with Crippen LogP contribution in [0.4, 0.5) is 5.69 Å². The van der Waals surface area contributed by atoms with Crippen LogP contribution in [0.5, 0.6) is 11.5 Å². The first-order chi connectivity index (χ1) is 13.2. The number of amides is 2. The van der Waals surface area contributed by atoms with E-state index in [0.29, 0.717) is 36.8 Å². The van der Waals surface area contributed by atoms with E-state index in [1.807, 2.05) is 37.3 Å². The van der Waals surface area contributed by atoms with E-state index >= 15 is 0 Å². The van der Waals surface area contributed by atoms with Gasteiger partial charge in [0.05, 0.1) is 25.0 Å². The van der Waals surface area contributed by atoms with Crippen molar-refractivity contribution in [3.8, 4) is 11.5 Å². The van der Waals surface area contributed by atoms with E-state index in [2.05, 4.69) is 0 Å². The summed E-state index contributed by atoms with van der Waals surface area (Å²) in [5.41, 5.74) is 1.22. The minimum Gasteiger partial charge on any atom is -0.495 e. The van der Waals surface area contributed by atoms with E-state index in [9.17, 15) is 9.59 Å². The molecule has 2 aromatic carbocycles. The van der Waals surface area contributed by atoms with E-state index in [-0.39, 0.29) is 18.4 Å². The first-order valence-corrected chi connectivity index (χ1v) is 9.10. The molecule has 0 bridgehead atoms. The molecule has 1 aliphatic rings. The second-order valence-electron chi connectivity index (χ2n) is 6.29. The fraction of sp³-hybridized carbons (Fsp3) is 0.333. The van der Waals surface area contributed by atoms with Crippen LogP contribution in [0.2, 0.25) is 0 Å². The predicted octanol–water partition coefficient (Wildman–Crippen LogP) is 2.97. The molecule has 0 aromatic heterocycles. The van der Waals surface area contributed by atoms with Crippen LogP contribution < -0.4 is 14.4 Å². The van der Waals surface area contributed by atoms with Crippen LogP contribution in [0.15, 0.2) is 48.5 Å². The van der Waals surface area contributed by atoms with Gasteiger partial charge in [0.1, 0.15) is 18.0 Å². The van der Waals surface area contributed by atoms with Crippen LogP contribution >= 0.6 is 0 Å². The Morgan fingerprint density at radius 3 is 2.44 bits per heavy atom. The number of rotatable bonds is 6. The summed E-state index contributed by atoms with van der Waals surface area (Å²) in [5.74, 6) is 0.883. The van der Waals surface area contributed by atoms with Crippen molar-refractivity contribution in [3.63, 3.8) is 0 Å². The van der Waals surface area contributed by atoms with Crippen molar-refractivity contribution in [1.82, 2.24) is 4.90 Å². The van der Waals surface area contributed by atoms with Gasteiger partial charge in [0.2, 0.25) is 5.91 Å². The highest BCUT2D eigenvalue weighted by molar-refractivity contribution is 6.03. The summed E-state index contributed by atoms with van der Waals surface area (Å²) < 4.78 is 11.0. The molecule has 6 heteroatoms. The fourth-order valence-corrected chi connectivity index (χ4v) is 3.11. The van der Waals surface area contributed by atoms with Gasteiger partial charge in [-0.25, -0.2) is 0 Å². The molecule has 0 saturated carbocycles. The van der Waals surface area contributed by atoms with Crippen LogP contribution in [-0.4, -0.2) is 50.1 Å². The first kappa shape index (κ1) is 18.8. The number of methoxy groups -OCH3 is 1. The summed E-state index contributed by atoms with van der Waals surface area (Å²) in [6, 6.07) is 14.6. The Labute approximate surface area is 159 Å². The lowest BCUT2D eigenvalue weighted by molar-refractivity contribution is -0.120. The predicted molar refractivity (Wildman–Crippen MR) is 103 cm³/mol. The zero-order valence-electron chi connectivity index (χ0n) is 15.7. The average Bonchev–Trinajstić information content (AvgIpc) is 2.72. The van der Waals surface area contributed by atoms with Crippen molar-refractivity contribution >= 4 is 17.5 Å². The third kappa shape index (κ3) is 4.05. The largest absolute Gasteiger partial charge is 0.495 e. The average molecular weight is 368 g/mol. The Hall–Kier alpha value is -3.02. The Morgan fingerprint density at radius 1 is 1.04 bits per heavy atom. The number of piperazine rings is 1. The number of hydrogen-bond acceptors (Lipinski definition) is 4. The number of benzene rings is 2. The third-order valence-electron chi connectivity index (χ3n) is 4.46. The van der Waals surface area contributed by atoms with Gasteiger partial charge in [-0.05, 0) is 30.7 Å². The van der Waals surface area contributed by atoms with Gasteiger partial charge in [0.25, 0.3) is 5.91 Å². The zero-order chi connectivity index (χ0) is 19.2. The normalized spacial score (nSPS) is 14.2. The summed E-state index contributed by atoms with van der Waals surface area (Å²) in [6.45, 7) is 3.46. The molecule has 2 aromatic rings. The number of carbonyl (C=O) groups is 2. The summed E-state index contributed by atoms with van der Waals surface area (Å²) in [7, 11) is 1.58. The van der Waals surface area contributed by atoms with Gasteiger partial charge in [0, 0.05) is 13.1 Å². The molecule has 3 rings (SSSR count). The molecule has 0 unspecified atom stereocenters. The molecule has 0 radical (unpaired) electrons. The molecule has 2 amide bonds. The van der Waals surface area contributed by atoms with Crippen molar-refractivity contribution in [2.45, 2.75) is 13.3 Å². The van der Waals surface area contributed by atoms with Crippen molar-refractivity contribution < 1.29 is 19.1 Å². The lowest BCUT2D eigenvalue weighted by Gasteiger charge is -2.35. The molecular formula is C21H24N2O4. The molecular weight excluding hydrogens is 344 g/mol. The molecule has 1 saturated heterocycles. The number of hydrogen-bond donors (Lipinski definition) is 0. The zero-order valence-corrected chi connectivity index (χ0v) is 15.7. The topological polar surface area (TPSA) is 59.1 Å². The molecule has 27 heavy (non-hydrogen) atoms. The lowest BCUT2D eigenvalue weighted by Crippen LogP contribution is -2.52. The van der Waals surface area contributed by atoms with Gasteiger partial charge in [-0.15, -0.1) is 0 Å². The fourth-order valence-electron chi connectivity index (χ4n) is 3.11. The highest BCUT2D eigenvalue weighted by atomic mass is 16.5. The Bertz CT molecular complexity index is 821. The number of anilines is 1. The van der Waals surface area contributed by atoms with Gasteiger partial charge in [0.15, 0.2) is 0 Å². The standard InChI is InChI=1S/C21H24N2O4/c1-3-14-27-18-10-6-4-8-16(18)21(25)22-12-13-23(20(24)15-22)17-9-5-7-11-19(17)26-2/h4-11H,3,12-15H2,1-2H3. The van der Waals surface area contributed by atoms with Gasteiger partial charge in [-0.2, -0.15) is 0 Å². The van der Waals surface area contributed by atoms with E-state index in [1.165, 1.54) is 0 Å². The number of para-hydroxylation sites is 3. The lowest BCUT2D eigenvalue weighted by atomic mass is 10.1. The van der Waals surface area contributed by atoms with Gasteiger partial charge in [-0.1, -0.05) is 31.2 Å². The molecule has 0 aliphatic carbocycles. The molecule has 1 fully saturated rings. The maximum absolute atomic E-state index is 12.9. The van der Waals surface area contributed by atoms with Crippen molar-refractivity contribution in [2.75, 3.05) is 38.3 Å². The van der Waals surface area contributed by atoms with Gasteiger partial charge < -0.3 is 19.3 Å². The van der Waals surface area contributed by atoms with Crippen LogP contribution in [0.3, 0.4) is 0 Å². The van der Waals surface area contributed by atoms with Crippen molar-refractivity contribution in [1.29, 1.82) is 0 Å². The number of ether oxygens (including phenoxy) is 2. The highest BCUT2D eigenvalue weighted by Gasteiger charge is 2.30. The minimum absolute atomic E-state index is 0.0268. The molecule has 142 valence electrons. The van der Waals surface area contributed by atoms with Gasteiger partial charge in [-0.3, -0.25) is 9.59 Å². The minimum atomic E-state index is -0.185. The molecule has 0 spiro atoms. The number of carbonyl (C=O) groups excluding carboxylic acids is 2. The Morgan fingerprint density at radius 2 is 1.74 bits per heavy atom. The van der Waals surface area contributed by atoms with E-state index in [1.54, 1.807) is 35.1 Å². The molecule has 6 nitrogen and oxygen atoms in total. The van der Waals surface area contributed by atoms with Crippen LogP contribution in [-0.2, 0) is 4.79 Å². The SMILES string of the molecule is CCCOc1ccccc1C(=O)N1CCN(c2ccccc2OC)C(=O)C1. The monoisotopic (exact) mass is 368 g/mol. The van der Waals surface area contributed by atoms with Crippen molar-refractivity contribution in [2.24, 2.45) is 0 Å². The van der Waals surface area contributed by atoms with Crippen LogP contribution in [0.25, 0.3) is 0 Å². The summed E-state index contributed by atoms with van der Waals surface area (Å²) in [4.78, 5) is 28.9. The quantitative estimate of drug-likeness (QED) is 0.787. The molecule has 0 N–H and O–H groups in total. The molecule has 0 atom stereocenters. The third-order valence-corrected chi connectivity index (χ3v) is 4.46. The second-order valence-corrected chi connectivity index (χ2v) is 6.29. The first-order valence-electron chi connectivity index (χ1n) is 9.10. The highest BCUT2D eigenvalue weighted by Crippen LogP contribution is 2.29. The molecule has 1 aliphatic heterocycles. The second kappa shape index (κ2) is 8.58. The maximum Gasteiger partial charge on any atom is 0.258 e. The molecule has 1 heterocycles. The van der Waals surface area contributed by atoms with E-state index in [0.717, 1.165) is 12.1 Å². The van der Waals surface area contributed by atoms with E-state index < -0.39 is 0 Å². The van der Waals surface area contributed by atoms with E-state index in [4.69, 9.17) is 9.47 Å². The van der Waals surface area contributed by atoms with Crippen LogP contribution in [0.1, 0.15) is 23.7 Å². The smallest absolute Gasteiger partial charge is 0.258 e.